The first-order valence-electron chi connectivity index (χ1n) is 9.11. The Hall–Kier alpha value is -1.95. The molecule has 3 rings (SSSR count). The van der Waals surface area contributed by atoms with E-state index in [1.54, 1.807) is 26.4 Å². The first-order valence-corrected chi connectivity index (χ1v) is 9.87. The molecule has 0 aliphatic carbocycles. The molecule has 0 radical (unpaired) electrons. The van der Waals surface area contributed by atoms with Crippen LogP contribution in [0.1, 0.15) is 36.4 Å². The van der Waals surface area contributed by atoms with Gasteiger partial charge in [-0.15, -0.1) is 0 Å². The van der Waals surface area contributed by atoms with E-state index in [9.17, 15) is 9.90 Å². The highest BCUT2D eigenvalue weighted by atomic mass is 35.5. The van der Waals surface area contributed by atoms with Crippen molar-refractivity contribution in [2.45, 2.75) is 31.3 Å². The molecule has 7 heteroatoms. The van der Waals surface area contributed by atoms with Gasteiger partial charge in [0.05, 0.1) is 30.3 Å². The van der Waals surface area contributed by atoms with E-state index < -0.39 is 12.0 Å². The molecule has 0 spiro atoms. The molecule has 2 atom stereocenters. The number of aliphatic carboxylic acids is 1. The van der Waals surface area contributed by atoms with Gasteiger partial charge in [0, 0.05) is 0 Å². The van der Waals surface area contributed by atoms with Gasteiger partial charge in [-0.1, -0.05) is 41.8 Å². The number of rotatable bonds is 6. The maximum Gasteiger partial charge on any atom is 0.320 e. The molecule has 150 valence electrons. The third kappa shape index (κ3) is 4.22. The molecule has 1 saturated heterocycles. The van der Waals surface area contributed by atoms with Gasteiger partial charge in [0.25, 0.3) is 0 Å². The van der Waals surface area contributed by atoms with Crippen LogP contribution in [0.15, 0.2) is 36.4 Å². The Morgan fingerprint density at radius 3 is 2.36 bits per heavy atom. The molecule has 0 aromatic heterocycles. The smallest absolute Gasteiger partial charge is 0.320 e. The Kier molecular flexibility index (Phi) is 6.70. The summed E-state index contributed by atoms with van der Waals surface area (Å²) in [4.78, 5) is 14.0. The van der Waals surface area contributed by atoms with Crippen molar-refractivity contribution in [2.24, 2.45) is 0 Å². The highest BCUT2D eigenvalue weighted by Gasteiger charge is 2.35. The monoisotopic (exact) mass is 423 g/mol. The van der Waals surface area contributed by atoms with Crippen molar-refractivity contribution in [3.05, 3.63) is 57.6 Å². The summed E-state index contributed by atoms with van der Waals surface area (Å²) >= 11 is 12.4. The fourth-order valence-electron chi connectivity index (χ4n) is 3.81. The van der Waals surface area contributed by atoms with E-state index in [4.69, 9.17) is 32.7 Å². The molecule has 28 heavy (non-hydrogen) atoms. The fraction of sp³-hybridized carbons (Fsp3) is 0.381. The zero-order valence-electron chi connectivity index (χ0n) is 15.8. The minimum atomic E-state index is -0.815. The van der Waals surface area contributed by atoms with Crippen LogP contribution < -0.4 is 9.47 Å². The van der Waals surface area contributed by atoms with Crippen molar-refractivity contribution in [1.29, 1.82) is 0 Å². The molecular weight excluding hydrogens is 401 g/mol. The summed E-state index contributed by atoms with van der Waals surface area (Å²) in [7, 11) is 3.16. The fourth-order valence-corrected chi connectivity index (χ4v) is 4.12. The molecule has 1 aliphatic heterocycles. The van der Waals surface area contributed by atoms with Gasteiger partial charge in [0.1, 0.15) is 6.04 Å². The highest BCUT2D eigenvalue weighted by molar-refractivity contribution is 6.42. The van der Waals surface area contributed by atoms with Crippen LogP contribution in [-0.2, 0) is 4.79 Å². The summed E-state index contributed by atoms with van der Waals surface area (Å²) in [6.45, 7) is 0.677. The van der Waals surface area contributed by atoms with Gasteiger partial charge in [-0.2, -0.15) is 0 Å². The van der Waals surface area contributed by atoms with Crippen molar-refractivity contribution >= 4 is 29.2 Å². The molecule has 1 N–H and O–H groups in total. The lowest BCUT2D eigenvalue weighted by atomic mass is 9.91. The molecule has 1 heterocycles. The van der Waals surface area contributed by atoms with Gasteiger partial charge in [0.2, 0.25) is 0 Å². The summed E-state index contributed by atoms with van der Waals surface area (Å²) < 4.78 is 10.8. The summed E-state index contributed by atoms with van der Waals surface area (Å²) in [5.41, 5.74) is 1.79. The average molecular weight is 424 g/mol. The second-order valence-electron chi connectivity index (χ2n) is 6.78. The molecule has 1 fully saturated rings. The maximum absolute atomic E-state index is 11.9. The number of ether oxygens (including phenoxy) is 2. The number of carboxylic acids is 1. The van der Waals surface area contributed by atoms with Gasteiger partial charge in [-0.05, 0) is 54.8 Å². The van der Waals surface area contributed by atoms with E-state index in [1.807, 2.05) is 29.2 Å². The number of methoxy groups -OCH3 is 2. The van der Waals surface area contributed by atoms with Crippen molar-refractivity contribution in [3.8, 4) is 11.5 Å². The van der Waals surface area contributed by atoms with Gasteiger partial charge < -0.3 is 14.6 Å². The van der Waals surface area contributed by atoms with Crippen LogP contribution in [0.4, 0.5) is 0 Å². The minimum Gasteiger partial charge on any atom is -0.493 e. The van der Waals surface area contributed by atoms with Crippen LogP contribution in [-0.4, -0.2) is 42.8 Å². The second kappa shape index (κ2) is 9.03. The van der Waals surface area contributed by atoms with Crippen LogP contribution in [0.5, 0.6) is 11.5 Å². The Morgan fingerprint density at radius 1 is 1.04 bits per heavy atom. The predicted molar refractivity (Wildman–Crippen MR) is 110 cm³/mol. The number of hydrogen-bond donors (Lipinski definition) is 1. The Labute approximate surface area is 174 Å². The zero-order valence-corrected chi connectivity index (χ0v) is 17.3. The lowest BCUT2D eigenvalue weighted by Crippen LogP contribution is -2.46. The Morgan fingerprint density at radius 2 is 1.71 bits per heavy atom. The summed E-state index contributed by atoms with van der Waals surface area (Å²) in [6.07, 6.45) is 2.45. The second-order valence-corrected chi connectivity index (χ2v) is 7.59. The van der Waals surface area contributed by atoms with Gasteiger partial charge in [0.15, 0.2) is 11.5 Å². The van der Waals surface area contributed by atoms with Crippen LogP contribution in [0, 0.1) is 0 Å². The van der Waals surface area contributed by atoms with Crippen molar-refractivity contribution in [2.75, 3.05) is 20.8 Å². The summed E-state index contributed by atoms with van der Waals surface area (Å²) in [5, 5.41) is 10.7. The number of piperidine rings is 1. The first-order chi connectivity index (χ1) is 13.5. The van der Waals surface area contributed by atoms with Gasteiger partial charge in [-0.25, -0.2) is 0 Å². The number of likely N-dealkylation sites (tertiary alicyclic amines) is 1. The minimum absolute atomic E-state index is 0.295. The van der Waals surface area contributed by atoms with Gasteiger partial charge >= 0.3 is 5.97 Å². The standard InChI is InChI=1S/C21H23Cl2NO4/c1-27-18-9-7-14(12-19(18)28-2)20(13-6-8-15(22)16(23)11-13)24-10-4-3-5-17(24)21(25)26/h6-9,11-12,17,20H,3-5,10H2,1-2H3,(H,25,26). The van der Waals surface area contributed by atoms with Crippen LogP contribution >= 0.6 is 23.2 Å². The quantitative estimate of drug-likeness (QED) is 0.704. The lowest BCUT2D eigenvalue weighted by molar-refractivity contribution is -0.145. The molecule has 1 aliphatic rings. The number of benzene rings is 2. The molecule has 0 bridgehead atoms. The molecule has 2 unspecified atom stereocenters. The number of nitrogens with zero attached hydrogens (tertiary/aromatic N) is 1. The Balaban J connectivity index is 2.13. The zero-order chi connectivity index (χ0) is 20.3. The normalized spacial score (nSPS) is 18.5. The van der Waals surface area contributed by atoms with E-state index in [0.717, 1.165) is 24.0 Å². The predicted octanol–water partition coefficient (Wildman–Crippen LogP) is 5.04. The van der Waals surface area contributed by atoms with E-state index in [0.29, 0.717) is 34.5 Å². The Bertz CT molecular complexity index is 858. The van der Waals surface area contributed by atoms with Crippen LogP contribution in [0.25, 0.3) is 0 Å². The number of carboxylic acid groups (broad SMARTS) is 1. The third-order valence-electron chi connectivity index (χ3n) is 5.14. The maximum atomic E-state index is 11.9. The molecule has 0 amide bonds. The molecule has 0 saturated carbocycles. The lowest BCUT2D eigenvalue weighted by Gasteiger charge is -2.39. The summed E-state index contributed by atoms with van der Waals surface area (Å²) in [6, 6.07) is 10.2. The van der Waals surface area contributed by atoms with Crippen LogP contribution in [0.3, 0.4) is 0 Å². The number of hydrogen-bond acceptors (Lipinski definition) is 4. The van der Waals surface area contributed by atoms with Crippen molar-refractivity contribution < 1.29 is 19.4 Å². The molecular formula is C21H23Cl2NO4. The third-order valence-corrected chi connectivity index (χ3v) is 5.88. The average Bonchev–Trinajstić information content (AvgIpc) is 2.71. The molecule has 2 aromatic carbocycles. The molecule has 5 nitrogen and oxygen atoms in total. The molecule has 2 aromatic rings. The van der Waals surface area contributed by atoms with E-state index in [2.05, 4.69) is 0 Å². The largest absolute Gasteiger partial charge is 0.493 e. The first kappa shape index (κ1) is 20.8. The van der Waals surface area contributed by atoms with E-state index >= 15 is 0 Å². The van der Waals surface area contributed by atoms with E-state index in [-0.39, 0.29) is 6.04 Å². The van der Waals surface area contributed by atoms with E-state index in [1.165, 1.54) is 0 Å². The van der Waals surface area contributed by atoms with Crippen molar-refractivity contribution in [3.63, 3.8) is 0 Å². The van der Waals surface area contributed by atoms with Crippen molar-refractivity contribution in [1.82, 2.24) is 4.90 Å². The van der Waals surface area contributed by atoms with Gasteiger partial charge in [-0.3, -0.25) is 9.69 Å². The topological polar surface area (TPSA) is 59.0 Å². The van der Waals surface area contributed by atoms with Crippen LogP contribution in [0.2, 0.25) is 10.0 Å². The SMILES string of the molecule is COc1ccc(C(c2ccc(Cl)c(Cl)c2)N2CCCCC2C(=O)O)cc1OC. The number of halogens is 2. The highest BCUT2D eigenvalue weighted by Crippen LogP contribution is 2.39. The summed E-state index contributed by atoms with van der Waals surface area (Å²) in [5.74, 6) is 0.395. The number of carbonyl (C=O) groups is 1.